The summed E-state index contributed by atoms with van der Waals surface area (Å²) in [5, 5.41) is 9.52. The van der Waals surface area contributed by atoms with Gasteiger partial charge in [0.15, 0.2) is 17.1 Å². The maximum absolute atomic E-state index is 12.4. The van der Waals surface area contributed by atoms with E-state index in [9.17, 15) is 14.7 Å². The van der Waals surface area contributed by atoms with Crippen molar-refractivity contribution in [3.8, 4) is 11.5 Å². The standard InChI is InChI=1S/C15H10O5/c1-8-4-2-5-9-12(16)11(15(17)18)14(20-13(8)9)10-6-3-7-19-10/h2-7H,1H3,(H,17,18). The minimum Gasteiger partial charge on any atom is -0.477 e. The molecule has 1 aromatic carbocycles. The molecule has 0 saturated heterocycles. The van der Waals surface area contributed by atoms with Gasteiger partial charge in [-0.05, 0) is 30.7 Å². The van der Waals surface area contributed by atoms with Crippen molar-refractivity contribution < 1.29 is 18.7 Å². The smallest absolute Gasteiger partial charge is 0.343 e. The Labute approximate surface area is 113 Å². The molecule has 3 aromatic rings. The number of carboxylic acids is 1. The first kappa shape index (κ1) is 12.2. The van der Waals surface area contributed by atoms with Crippen LogP contribution in [0.3, 0.4) is 0 Å². The zero-order valence-corrected chi connectivity index (χ0v) is 10.5. The second-order valence-corrected chi connectivity index (χ2v) is 4.37. The van der Waals surface area contributed by atoms with E-state index < -0.39 is 17.0 Å². The zero-order chi connectivity index (χ0) is 14.3. The lowest BCUT2D eigenvalue weighted by Gasteiger charge is -2.06. The molecule has 2 aromatic heterocycles. The van der Waals surface area contributed by atoms with Gasteiger partial charge in [0, 0.05) is 0 Å². The number of aromatic carboxylic acids is 1. The van der Waals surface area contributed by atoms with E-state index in [-0.39, 0.29) is 16.9 Å². The largest absolute Gasteiger partial charge is 0.477 e. The van der Waals surface area contributed by atoms with Gasteiger partial charge in [0.25, 0.3) is 0 Å². The molecule has 5 heteroatoms. The summed E-state index contributed by atoms with van der Waals surface area (Å²) in [6.07, 6.45) is 1.39. The lowest BCUT2D eigenvalue weighted by molar-refractivity contribution is 0.0694. The number of aryl methyl sites for hydroxylation is 1. The molecule has 0 fully saturated rings. The van der Waals surface area contributed by atoms with Gasteiger partial charge in [-0.25, -0.2) is 4.79 Å². The van der Waals surface area contributed by atoms with Crippen molar-refractivity contribution >= 4 is 16.9 Å². The van der Waals surface area contributed by atoms with Crippen molar-refractivity contribution in [2.24, 2.45) is 0 Å². The number of carboxylic acid groups (broad SMARTS) is 1. The molecule has 0 radical (unpaired) electrons. The molecule has 0 aliphatic heterocycles. The summed E-state index contributed by atoms with van der Waals surface area (Å²) in [6, 6.07) is 8.18. The highest BCUT2D eigenvalue weighted by atomic mass is 16.4. The molecule has 0 saturated carbocycles. The SMILES string of the molecule is Cc1cccc2c(=O)c(C(=O)O)c(-c3ccco3)oc12. The van der Waals surface area contributed by atoms with Crippen LogP contribution in [0.2, 0.25) is 0 Å². The normalized spacial score (nSPS) is 10.8. The van der Waals surface area contributed by atoms with Crippen LogP contribution in [0.5, 0.6) is 0 Å². The minimum atomic E-state index is -1.34. The first-order valence-corrected chi connectivity index (χ1v) is 5.93. The van der Waals surface area contributed by atoms with Gasteiger partial charge < -0.3 is 13.9 Å². The monoisotopic (exact) mass is 270 g/mol. The first-order valence-electron chi connectivity index (χ1n) is 5.93. The highest BCUT2D eigenvalue weighted by molar-refractivity contribution is 5.97. The maximum Gasteiger partial charge on any atom is 0.343 e. The Morgan fingerprint density at radius 1 is 1.20 bits per heavy atom. The Hall–Kier alpha value is -2.82. The van der Waals surface area contributed by atoms with E-state index in [1.807, 2.05) is 0 Å². The number of rotatable bonds is 2. The van der Waals surface area contributed by atoms with Gasteiger partial charge in [-0.3, -0.25) is 4.79 Å². The van der Waals surface area contributed by atoms with Gasteiger partial charge in [0.1, 0.15) is 5.58 Å². The first-order chi connectivity index (χ1) is 9.59. The fourth-order valence-corrected chi connectivity index (χ4v) is 2.13. The van der Waals surface area contributed by atoms with E-state index in [0.29, 0.717) is 5.58 Å². The second-order valence-electron chi connectivity index (χ2n) is 4.37. The molecule has 20 heavy (non-hydrogen) atoms. The van der Waals surface area contributed by atoms with Crippen LogP contribution in [0.1, 0.15) is 15.9 Å². The van der Waals surface area contributed by atoms with Crippen molar-refractivity contribution in [1.82, 2.24) is 0 Å². The van der Waals surface area contributed by atoms with Crippen LogP contribution in [0.25, 0.3) is 22.5 Å². The van der Waals surface area contributed by atoms with E-state index in [4.69, 9.17) is 8.83 Å². The lowest BCUT2D eigenvalue weighted by atomic mass is 10.1. The van der Waals surface area contributed by atoms with Crippen LogP contribution in [0.4, 0.5) is 0 Å². The number of hydrogen-bond donors (Lipinski definition) is 1. The Morgan fingerprint density at radius 2 is 2.00 bits per heavy atom. The molecule has 1 N–H and O–H groups in total. The van der Waals surface area contributed by atoms with Crippen LogP contribution in [-0.2, 0) is 0 Å². The molecule has 0 atom stereocenters. The molecular formula is C15H10O5. The van der Waals surface area contributed by atoms with E-state index in [1.54, 1.807) is 37.3 Å². The van der Waals surface area contributed by atoms with Crippen molar-refractivity contribution in [2.75, 3.05) is 0 Å². The third-order valence-electron chi connectivity index (χ3n) is 3.07. The number of benzene rings is 1. The molecule has 3 rings (SSSR count). The third-order valence-corrected chi connectivity index (χ3v) is 3.07. The predicted octanol–water partition coefficient (Wildman–Crippen LogP) is 3.06. The van der Waals surface area contributed by atoms with Gasteiger partial charge >= 0.3 is 5.97 Å². The van der Waals surface area contributed by atoms with E-state index in [1.165, 1.54) is 6.26 Å². The topological polar surface area (TPSA) is 80.7 Å². The van der Waals surface area contributed by atoms with Crippen LogP contribution in [-0.4, -0.2) is 11.1 Å². The zero-order valence-electron chi connectivity index (χ0n) is 10.5. The van der Waals surface area contributed by atoms with E-state index in [2.05, 4.69) is 0 Å². The third kappa shape index (κ3) is 1.72. The average Bonchev–Trinajstić information content (AvgIpc) is 2.93. The fourth-order valence-electron chi connectivity index (χ4n) is 2.13. The Balaban J connectivity index is 2.50. The van der Waals surface area contributed by atoms with Crippen LogP contribution in [0.15, 0.2) is 50.2 Å². The summed E-state index contributed by atoms with van der Waals surface area (Å²) in [5.74, 6) is -1.19. The molecule has 5 nitrogen and oxygen atoms in total. The highest BCUT2D eigenvalue weighted by Gasteiger charge is 2.23. The number of furan rings is 1. The van der Waals surface area contributed by atoms with Crippen LogP contribution < -0.4 is 5.43 Å². The van der Waals surface area contributed by atoms with Crippen LogP contribution in [0, 0.1) is 6.92 Å². The van der Waals surface area contributed by atoms with Crippen molar-refractivity contribution in [1.29, 1.82) is 0 Å². The van der Waals surface area contributed by atoms with Gasteiger partial charge in [-0.1, -0.05) is 12.1 Å². The van der Waals surface area contributed by atoms with E-state index >= 15 is 0 Å². The number of para-hydroxylation sites is 1. The molecule has 0 unspecified atom stereocenters. The van der Waals surface area contributed by atoms with Crippen LogP contribution >= 0.6 is 0 Å². The Morgan fingerprint density at radius 3 is 2.65 bits per heavy atom. The Bertz CT molecular complexity index is 856. The summed E-state index contributed by atoms with van der Waals surface area (Å²) < 4.78 is 10.8. The molecule has 0 spiro atoms. The summed E-state index contributed by atoms with van der Waals surface area (Å²) in [7, 11) is 0. The summed E-state index contributed by atoms with van der Waals surface area (Å²) in [4.78, 5) is 23.7. The van der Waals surface area contributed by atoms with Crippen molar-refractivity contribution in [3.05, 3.63) is 57.9 Å². The molecule has 2 heterocycles. The predicted molar refractivity (Wildman–Crippen MR) is 71.9 cm³/mol. The quantitative estimate of drug-likeness (QED) is 0.774. The average molecular weight is 270 g/mol. The fraction of sp³-hybridized carbons (Fsp3) is 0.0667. The number of fused-ring (bicyclic) bond motifs is 1. The van der Waals surface area contributed by atoms with Gasteiger partial charge in [0.2, 0.25) is 5.43 Å². The van der Waals surface area contributed by atoms with Crippen molar-refractivity contribution in [2.45, 2.75) is 6.92 Å². The molecule has 0 aliphatic rings. The summed E-state index contributed by atoms with van der Waals surface area (Å²) in [5.41, 5.74) is 0.130. The highest BCUT2D eigenvalue weighted by Crippen LogP contribution is 2.27. The minimum absolute atomic E-state index is 0.0608. The Kier molecular flexibility index (Phi) is 2.68. The summed E-state index contributed by atoms with van der Waals surface area (Å²) >= 11 is 0. The number of hydrogen-bond acceptors (Lipinski definition) is 4. The van der Waals surface area contributed by atoms with Gasteiger partial charge in [-0.15, -0.1) is 0 Å². The molecule has 100 valence electrons. The van der Waals surface area contributed by atoms with E-state index in [0.717, 1.165) is 5.56 Å². The van der Waals surface area contributed by atoms with Gasteiger partial charge in [0.05, 0.1) is 11.6 Å². The number of carbonyl (C=O) groups is 1. The lowest BCUT2D eigenvalue weighted by Crippen LogP contribution is -2.16. The maximum atomic E-state index is 12.4. The second kappa shape index (κ2) is 4.38. The molecule has 0 bridgehead atoms. The van der Waals surface area contributed by atoms with Crippen molar-refractivity contribution in [3.63, 3.8) is 0 Å². The molecule has 0 amide bonds. The van der Waals surface area contributed by atoms with Gasteiger partial charge in [-0.2, -0.15) is 0 Å². The summed E-state index contributed by atoms with van der Waals surface area (Å²) in [6.45, 7) is 1.79. The molecule has 0 aliphatic carbocycles. The molecular weight excluding hydrogens is 260 g/mol.